The SMILES string of the molecule is COc1ccc2c(c1)/C(=C/CCN1CCC3(CC1)OCCc1ccccc13)C1C=CC=NC1CO2. The second-order valence-electron chi connectivity index (χ2n) is 9.99. The van der Waals surface area contributed by atoms with Gasteiger partial charge in [0.2, 0.25) is 0 Å². The van der Waals surface area contributed by atoms with Crippen molar-refractivity contribution in [3.05, 3.63) is 77.4 Å². The summed E-state index contributed by atoms with van der Waals surface area (Å²) in [5, 5.41) is 0. The van der Waals surface area contributed by atoms with Crippen LogP contribution in [0, 0.1) is 5.92 Å². The Bertz CT molecular complexity index is 1160. The Hall–Kier alpha value is -2.89. The van der Waals surface area contributed by atoms with Gasteiger partial charge in [0.25, 0.3) is 0 Å². The van der Waals surface area contributed by atoms with E-state index in [1.807, 2.05) is 18.3 Å². The van der Waals surface area contributed by atoms with Crippen molar-refractivity contribution >= 4 is 11.8 Å². The highest BCUT2D eigenvalue weighted by molar-refractivity contribution is 5.80. The fraction of sp³-hybridized carbons (Fsp3) is 0.433. The van der Waals surface area contributed by atoms with Crippen LogP contribution in [0.3, 0.4) is 0 Å². The molecule has 4 aliphatic rings. The highest BCUT2D eigenvalue weighted by atomic mass is 16.5. The number of dihydropyridines is 1. The van der Waals surface area contributed by atoms with Gasteiger partial charge in [-0.25, -0.2) is 0 Å². The van der Waals surface area contributed by atoms with Crippen molar-refractivity contribution in [3.8, 4) is 11.5 Å². The van der Waals surface area contributed by atoms with E-state index in [4.69, 9.17) is 19.2 Å². The van der Waals surface area contributed by atoms with Crippen LogP contribution in [0.1, 0.15) is 36.0 Å². The Morgan fingerprint density at radius 3 is 2.94 bits per heavy atom. The molecule has 2 atom stereocenters. The van der Waals surface area contributed by atoms with Crippen LogP contribution >= 0.6 is 0 Å². The topological polar surface area (TPSA) is 43.3 Å². The van der Waals surface area contributed by atoms with Gasteiger partial charge >= 0.3 is 0 Å². The maximum atomic E-state index is 6.43. The first-order valence-electron chi connectivity index (χ1n) is 12.9. The number of hydrogen-bond donors (Lipinski definition) is 0. The molecule has 0 N–H and O–H groups in total. The molecule has 0 amide bonds. The molecule has 5 heteroatoms. The Kier molecular flexibility index (Phi) is 6.21. The zero-order valence-electron chi connectivity index (χ0n) is 20.5. The second kappa shape index (κ2) is 9.63. The van der Waals surface area contributed by atoms with Crippen molar-refractivity contribution in [3.63, 3.8) is 0 Å². The first kappa shape index (κ1) is 22.6. The van der Waals surface area contributed by atoms with E-state index in [1.165, 1.54) is 16.7 Å². The monoisotopic (exact) mass is 470 g/mol. The number of likely N-dealkylation sites (tertiary alicyclic amines) is 1. The number of hydrogen-bond acceptors (Lipinski definition) is 5. The van der Waals surface area contributed by atoms with Crippen LogP contribution in [0.4, 0.5) is 0 Å². The molecular weight excluding hydrogens is 436 g/mol. The van der Waals surface area contributed by atoms with E-state index < -0.39 is 0 Å². The minimum atomic E-state index is -0.0873. The van der Waals surface area contributed by atoms with Gasteiger partial charge in [-0.2, -0.15) is 0 Å². The molecule has 2 unspecified atom stereocenters. The van der Waals surface area contributed by atoms with Gasteiger partial charge in [-0.15, -0.1) is 0 Å². The van der Waals surface area contributed by atoms with Gasteiger partial charge in [0.05, 0.1) is 25.4 Å². The number of methoxy groups -OCH3 is 1. The van der Waals surface area contributed by atoms with Crippen LogP contribution in [0.2, 0.25) is 0 Å². The summed E-state index contributed by atoms with van der Waals surface area (Å²) >= 11 is 0. The normalized spacial score (nSPS) is 25.9. The molecule has 4 heterocycles. The summed E-state index contributed by atoms with van der Waals surface area (Å²) in [7, 11) is 1.72. The zero-order valence-corrected chi connectivity index (χ0v) is 20.5. The number of aliphatic imine (C=N–C) groups is 1. The molecular formula is C30H34N2O3. The first-order chi connectivity index (χ1) is 17.3. The van der Waals surface area contributed by atoms with Crippen LogP contribution in [0.25, 0.3) is 5.57 Å². The van der Waals surface area contributed by atoms with Crippen LogP contribution in [0.15, 0.2) is 65.7 Å². The molecule has 1 fully saturated rings. The van der Waals surface area contributed by atoms with Crippen molar-refractivity contribution in [1.82, 2.24) is 4.90 Å². The summed E-state index contributed by atoms with van der Waals surface area (Å²) < 4.78 is 18.1. The predicted octanol–water partition coefficient (Wildman–Crippen LogP) is 5.05. The van der Waals surface area contributed by atoms with Gasteiger partial charge in [0, 0.05) is 37.3 Å². The largest absolute Gasteiger partial charge is 0.497 e. The molecule has 0 aliphatic carbocycles. The number of allylic oxidation sites excluding steroid dienone is 1. The average molecular weight is 471 g/mol. The van der Waals surface area contributed by atoms with E-state index in [0.29, 0.717) is 6.61 Å². The molecule has 1 saturated heterocycles. The molecule has 5 nitrogen and oxygen atoms in total. The smallest absolute Gasteiger partial charge is 0.127 e. The third-order valence-corrected chi connectivity index (χ3v) is 8.09. The van der Waals surface area contributed by atoms with E-state index >= 15 is 0 Å². The van der Waals surface area contributed by atoms with Crippen molar-refractivity contribution in [2.24, 2.45) is 10.9 Å². The van der Waals surface area contributed by atoms with E-state index in [9.17, 15) is 0 Å². The number of rotatable bonds is 4. The summed E-state index contributed by atoms with van der Waals surface area (Å²) in [4.78, 5) is 7.31. The maximum Gasteiger partial charge on any atom is 0.127 e. The number of piperidine rings is 1. The fourth-order valence-corrected chi connectivity index (χ4v) is 6.17. The minimum absolute atomic E-state index is 0.0873. The number of benzene rings is 2. The molecule has 0 radical (unpaired) electrons. The van der Waals surface area contributed by atoms with Crippen molar-refractivity contribution < 1.29 is 14.2 Å². The van der Waals surface area contributed by atoms with Crippen molar-refractivity contribution in [2.75, 3.05) is 40.0 Å². The molecule has 0 bridgehead atoms. The number of ether oxygens (including phenoxy) is 3. The van der Waals surface area contributed by atoms with E-state index in [1.54, 1.807) is 7.11 Å². The molecule has 182 valence electrons. The third kappa shape index (κ3) is 4.32. The Morgan fingerprint density at radius 2 is 2.06 bits per heavy atom. The fourth-order valence-electron chi connectivity index (χ4n) is 6.17. The highest BCUT2D eigenvalue weighted by Crippen LogP contribution is 2.42. The molecule has 2 aromatic rings. The summed E-state index contributed by atoms with van der Waals surface area (Å²) in [6.07, 6.45) is 12.8. The lowest BCUT2D eigenvalue weighted by Gasteiger charge is -2.45. The number of nitrogens with zero attached hydrogens (tertiary/aromatic N) is 2. The van der Waals surface area contributed by atoms with Crippen molar-refractivity contribution in [1.29, 1.82) is 0 Å². The van der Waals surface area contributed by atoms with Gasteiger partial charge < -0.3 is 19.1 Å². The van der Waals surface area contributed by atoms with Gasteiger partial charge in [0.1, 0.15) is 18.1 Å². The Morgan fingerprint density at radius 1 is 1.17 bits per heavy atom. The quantitative estimate of drug-likeness (QED) is 0.627. The third-order valence-electron chi connectivity index (χ3n) is 8.09. The van der Waals surface area contributed by atoms with Gasteiger partial charge in [-0.3, -0.25) is 4.99 Å². The number of fused-ring (bicyclic) bond motifs is 4. The van der Waals surface area contributed by atoms with E-state index in [2.05, 4.69) is 53.5 Å². The van der Waals surface area contributed by atoms with Gasteiger partial charge in [-0.05, 0) is 66.7 Å². The Balaban J connectivity index is 1.18. The van der Waals surface area contributed by atoms with Crippen LogP contribution < -0.4 is 9.47 Å². The molecule has 4 aliphatic heterocycles. The molecule has 1 spiro atoms. The van der Waals surface area contributed by atoms with Crippen LogP contribution in [-0.2, 0) is 16.8 Å². The lowest BCUT2D eigenvalue weighted by atomic mass is 9.79. The maximum absolute atomic E-state index is 6.43. The molecule has 2 aromatic carbocycles. The molecule has 0 saturated carbocycles. The average Bonchev–Trinajstić information content (AvgIpc) is 3.07. The summed E-state index contributed by atoms with van der Waals surface area (Å²) in [6, 6.07) is 15.1. The second-order valence-corrected chi connectivity index (χ2v) is 9.99. The van der Waals surface area contributed by atoms with E-state index in [-0.39, 0.29) is 17.6 Å². The minimum Gasteiger partial charge on any atom is -0.497 e. The molecule has 0 aromatic heterocycles. The summed E-state index contributed by atoms with van der Waals surface area (Å²) in [5.41, 5.74) is 5.23. The summed E-state index contributed by atoms with van der Waals surface area (Å²) in [5.74, 6) is 2.00. The summed E-state index contributed by atoms with van der Waals surface area (Å²) in [6.45, 7) is 4.62. The lowest BCUT2D eigenvalue weighted by Crippen LogP contribution is -2.46. The van der Waals surface area contributed by atoms with Crippen LogP contribution in [-0.4, -0.2) is 57.1 Å². The first-order valence-corrected chi connectivity index (χ1v) is 12.9. The Labute approximate surface area is 208 Å². The van der Waals surface area contributed by atoms with Crippen molar-refractivity contribution in [2.45, 2.75) is 37.3 Å². The molecule has 6 rings (SSSR count). The van der Waals surface area contributed by atoms with E-state index in [0.717, 1.165) is 69.0 Å². The standard InChI is InChI=1S/C30H34N2O3/c1-33-23-10-11-29-26(20-23)24(25-7-4-15-31-28(25)21-34-29)8-5-16-32-17-13-30(14-18-32)27-9-3-2-6-22(27)12-19-35-30/h2-4,6-11,15,20,25,28H,5,12-14,16-19,21H2,1H3/b24-8+. The lowest BCUT2D eigenvalue weighted by molar-refractivity contribution is -0.0976. The van der Waals surface area contributed by atoms with Gasteiger partial charge in [-0.1, -0.05) is 36.4 Å². The van der Waals surface area contributed by atoms with Gasteiger partial charge in [0.15, 0.2) is 0 Å². The molecule has 35 heavy (non-hydrogen) atoms. The highest BCUT2D eigenvalue weighted by Gasteiger charge is 2.40. The van der Waals surface area contributed by atoms with Crippen LogP contribution in [0.5, 0.6) is 11.5 Å². The zero-order chi connectivity index (χ0) is 23.7. The predicted molar refractivity (Wildman–Crippen MR) is 139 cm³/mol.